The van der Waals surface area contributed by atoms with Crippen molar-refractivity contribution in [3.05, 3.63) is 70.8 Å². The van der Waals surface area contributed by atoms with Crippen LogP contribution in [0, 0.1) is 0 Å². The maximum absolute atomic E-state index is 12.6. The first-order valence-electron chi connectivity index (χ1n) is 8.53. The standard InChI is InChI=1S/C20H21N5O2/c1-14(25-13-21-18-7-5-4-6-17(18)20(25)27)19(26)23-22-12-15-8-10-16(11-9-15)24(2)3/h4-14H,1-3H3,(H,23,26)/b22-12-/t14-/m1/s1. The molecule has 0 radical (unpaired) electrons. The van der Waals surface area contributed by atoms with E-state index in [4.69, 9.17) is 0 Å². The fourth-order valence-electron chi connectivity index (χ4n) is 2.61. The quantitative estimate of drug-likeness (QED) is 0.557. The van der Waals surface area contributed by atoms with E-state index < -0.39 is 11.9 Å². The minimum atomic E-state index is -0.733. The zero-order chi connectivity index (χ0) is 19.4. The topological polar surface area (TPSA) is 79.6 Å². The molecule has 0 aliphatic rings. The van der Waals surface area contributed by atoms with Crippen LogP contribution in [0.2, 0.25) is 0 Å². The summed E-state index contributed by atoms with van der Waals surface area (Å²) in [5.41, 5.74) is 4.76. The number of aromatic nitrogens is 2. The number of hydrogen-bond donors (Lipinski definition) is 1. The first kappa shape index (κ1) is 18.3. The van der Waals surface area contributed by atoms with Crippen molar-refractivity contribution in [2.24, 2.45) is 5.10 Å². The van der Waals surface area contributed by atoms with E-state index in [1.165, 1.54) is 10.9 Å². The van der Waals surface area contributed by atoms with Gasteiger partial charge in [0, 0.05) is 19.8 Å². The summed E-state index contributed by atoms with van der Waals surface area (Å²) in [6.45, 7) is 1.63. The number of rotatable bonds is 5. The minimum absolute atomic E-state index is 0.258. The van der Waals surface area contributed by atoms with Crippen LogP contribution in [0.25, 0.3) is 10.9 Å². The normalized spacial score (nSPS) is 12.3. The molecule has 0 unspecified atom stereocenters. The van der Waals surface area contributed by atoms with Gasteiger partial charge in [0.05, 0.1) is 23.4 Å². The number of nitrogens with zero attached hydrogens (tertiary/aromatic N) is 4. The second kappa shape index (κ2) is 7.82. The van der Waals surface area contributed by atoms with E-state index in [-0.39, 0.29) is 5.56 Å². The molecule has 0 aliphatic heterocycles. The molecule has 1 heterocycles. The van der Waals surface area contributed by atoms with E-state index in [9.17, 15) is 9.59 Å². The summed E-state index contributed by atoms with van der Waals surface area (Å²) in [5, 5.41) is 4.46. The molecule has 7 nitrogen and oxygen atoms in total. The number of fused-ring (bicyclic) bond motifs is 1. The average Bonchev–Trinajstić information content (AvgIpc) is 2.68. The molecular formula is C20H21N5O2. The maximum Gasteiger partial charge on any atom is 0.262 e. The van der Waals surface area contributed by atoms with E-state index in [2.05, 4.69) is 15.5 Å². The predicted octanol–water partition coefficient (Wildman–Crippen LogP) is 2.17. The molecule has 1 amide bonds. The zero-order valence-corrected chi connectivity index (χ0v) is 15.5. The largest absolute Gasteiger partial charge is 0.378 e. The van der Waals surface area contributed by atoms with Gasteiger partial charge in [0.1, 0.15) is 6.04 Å². The van der Waals surface area contributed by atoms with Crippen molar-refractivity contribution in [1.29, 1.82) is 0 Å². The SMILES string of the molecule is C[C@H](C(=O)N/N=C\c1ccc(N(C)C)cc1)n1cnc2ccccc2c1=O. The number of amides is 1. The smallest absolute Gasteiger partial charge is 0.262 e. The van der Waals surface area contributed by atoms with Crippen LogP contribution in [0.1, 0.15) is 18.5 Å². The van der Waals surface area contributed by atoms with Gasteiger partial charge in [0.15, 0.2) is 0 Å². The molecule has 3 rings (SSSR count). The van der Waals surface area contributed by atoms with Crippen molar-refractivity contribution < 1.29 is 4.79 Å². The molecular weight excluding hydrogens is 342 g/mol. The molecule has 0 bridgehead atoms. The van der Waals surface area contributed by atoms with E-state index in [0.29, 0.717) is 10.9 Å². The van der Waals surface area contributed by atoms with Gasteiger partial charge in [-0.25, -0.2) is 10.4 Å². The summed E-state index contributed by atoms with van der Waals surface area (Å²) in [5.74, 6) is -0.393. The fraction of sp³-hybridized carbons (Fsp3) is 0.200. The van der Waals surface area contributed by atoms with Gasteiger partial charge in [-0.05, 0) is 36.8 Å². The summed E-state index contributed by atoms with van der Waals surface area (Å²) in [4.78, 5) is 31.1. The molecule has 27 heavy (non-hydrogen) atoms. The molecule has 0 saturated carbocycles. The number of para-hydroxylation sites is 1. The summed E-state index contributed by atoms with van der Waals surface area (Å²) in [6, 6.07) is 14.1. The van der Waals surface area contributed by atoms with Crippen molar-refractivity contribution in [3.8, 4) is 0 Å². The number of carbonyl (C=O) groups excluding carboxylic acids is 1. The second-order valence-electron chi connectivity index (χ2n) is 6.37. The molecule has 138 valence electrons. The van der Waals surface area contributed by atoms with Gasteiger partial charge < -0.3 is 4.90 Å². The monoisotopic (exact) mass is 363 g/mol. The molecule has 1 atom stereocenters. The van der Waals surface area contributed by atoms with Crippen LogP contribution in [0.5, 0.6) is 0 Å². The lowest BCUT2D eigenvalue weighted by atomic mass is 10.2. The van der Waals surface area contributed by atoms with Crippen molar-refractivity contribution >= 4 is 28.7 Å². The van der Waals surface area contributed by atoms with E-state index in [1.807, 2.05) is 49.3 Å². The van der Waals surface area contributed by atoms with Crippen LogP contribution in [0.4, 0.5) is 5.69 Å². The highest BCUT2D eigenvalue weighted by atomic mass is 16.2. The van der Waals surface area contributed by atoms with Crippen LogP contribution >= 0.6 is 0 Å². The van der Waals surface area contributed by atoms with Crippen LogP contribution < -0.4 is 15.9 Å². The summed E-state index contributed by atoms with van der Waals surface area (Å²) >= 11 is 0. The molecule has 3 aromatic rings. The summed E-state index contributed by atoms with van der Waals surface area (Å²) in [6.07, 6.45) is 2.95. The van der Waals surface area contributed by atoms with Gasteiger partial charge in [0.25, 0.3) is 11.5 Å². The highest BCUT2D eigenvalue weighted by Gasteiger charge is 2.17. The lowest BCUT2D eigenvalue weighted by molar-refractivity contribution is -0.123. The Morgan fingerprint density at radius 1 is 1.19 bits per heavy atom. The Morgan fingerprint density at radius 3 is 2.59 bits per heavy atom. The highest BCUT2D eigenvalue weighted by Crippen LogP contribution is 2.11. The van der Waals surface area contributed by atoms with Crippen molar-refractivity contribution in [1.82, 2.24) is 15.0 Å². The Labute approximate surface area is 157 Å². The lowest BCUT2D eigenvalue weighted by Gasteiger charge is -2.13. The molecule has 1 aromatic heterocycles. The number of benzene rings is 2. The first-order chi connectivity index (χ1) is 13.0. The van der Waals surface area contributed by atoms with E-state index >= 15 is 0 Å². The predicted molar refractivity (Wildman–Crippen MR) is 107 cm³/mol. The van der Waals surface area contributed by atoms with Gasteiger partial charge in [-0.2, -0.15) is 5.10 Å². The number of nitrogens with one attached hydrogen (secondary N) is 1. The number of anilines is 1. The summed E-state index contributed by atoms with van der Waals surface area (Å²) < 4.78 is 1.30. The van der Waals surface area contributed by atoms with Gasteiger partial charge in [-0.1, -0.05) is 24.3 Å². The highest BCUT2D eigenvalue weighted by molar-refractivity contribution is 5.84. The molecule has 0 spiro atoms. The molecule has 0 saturated heterocycles. The average molecular weight is 363 g/mol. The Morgan fingerprint density at radius 2 is 1.89 bits per heavy atom. The first-order valence-corrected chi connectivity index (χ1v) is 8.53. The van der Waals surface area contributed by atoms with E-state index in [0.717, 1.165) is 11.3 Å². The Balaban J connectivity index is 1.71. The summed E-state index contributed by atoms with van der Waals surface area (Å²) in [7, 11) is 3.93. The van der Waals surface area contributed by atoms with Crippen LogP contribution in [-0.2, 0) is 4.79 Å². The maximum atomic E-state index is 12.6. The Bertz CT molecular complexity index is 1040. The third-order valence-corrected chi connectivity index (χ3v) is 4.28. The number of hydrogen-bond acceptors (Lipinski definition) is 5. The number of carbonyl (C=O) groups is 1. The van der Waals surface area contributed by atoms with Crippen LogP contribution in [0.3, 0.4) is 0 Å². The zero-order valence-electron chi connectivity index (χ0n) is 15.5. The molecule has 0 fully saturated rings. The van der Waals surface area contributed by atoms with E-state index in [1.54, 1.807) is 31.3 Å². The van der Waals surface area contributed by atoms with Crippen LogP contribution in [-0.4, -0.2) is 35.8 Å². The van der Waals surface area contributed by atoms with Gasteiger partial charge >= 0.3 is 0 Å². The van der Waals surface area contributed by atoms with Crippen LogP contribution in [0.15, 0.2) is 64.8 Å². The van der Waals surface area contributed by atoms with Crippen molar-refractivity contribution in [2.75, 3.05) is 19.0 Å². The molecule has 2 aromatic carbocycles. The lowest BCUT2D eigenvalue weighted by Crippen LogP contribution is -2.33. The molecule has 7 heteroatoms. The molecule has 0 aliphatic carbocycles. The van der Waals surface area contributed by atoms with Gasteiger partial charge in [-0.3, -0.25) is 14.2 Å². The van der Waals surface area contributed by atoms with Crippen molar-refractivity contribution in [3.63, 3.8) is 0 Å². The van der Waals surface area contributed by atoms with Crippen molar-refractivity contribution in [2.45, 2.75) is 13.0 Å². The second-order valence-corrected chi connectivity index (χ2v) is 6.37. The molecule has 1 N–H and O–H groups in total. The Kier molecular flexibility index (Phi) is 5.30. The van der Waals surface area contributed by atoms with Gasteiger partial charge in [-0.15, -0.1) is 0 Å². The number of hydrazone groups is 1. The minimum Gasteiger partial charge on any atom is -0.378 e. The van der Waals surface area contributed by atoms with Gasteiger partial charge in [0.2, 0.25) is 0 Å². The Hall–Kier alpha value is -3.48. The fourth-order valence-corrected chi connectivity index (χ4v) is 2.61. The third-order valence-electron chi connectivity index (χ3n) is 4.28. The third kappa shape index (κ3) is 4.03.